The Hall–Kier alpha value is -3.41. The summed E-state index contributed by atoms with van der Waals surface area (Å²) in [5.74, 6) is 0.244. The van der Waals surface area contributed by atoms with Crippen LogP contribution in [0.15, 0.2) is 65.9 Å². The van der Waals surface area contributed by atoms with E-state index in [1.54, 1.807) is 18.5 Å². The Kier molecular flexibility index (Phi) is 6.57. The van der Waals surface area contributed by atoms with Gasteiger partial charge in [-0.1, -0.05) is 30.3 Å². The molecular weight excluding hydrogens is 352 g/mol. The molecule has 0 atom stereocenters. The van der Waals surface area contributed by atoms with E-state index in [9.17, 15) is 4.79 Å². The number of carbonyl (C=O) groups is 1. The number of nitrogens with zero attached hydrogens (tertiary/aromatic N) is 3. The Morgan fingerprint density at radius 2 is 1.86 bits per heavy atom. The summed E-state index contributed by atoms with van der Waals surface area (Å²) >= 11 is 0. The van der Waals surface area contributed by atoms with Crippen molar-refractivity contribution in [2.75, 3.05) is 24.6 Å². The smallest absolute Gasteiger partial charge is 0.277 e. The number of fused-ring (bicyclic) bond motifs is 1. The van der Waals surface area contributed by atoms with Crippen LogP contribution in [-0.2, 0) is 4.79 Å². The van der Waals surface area contributed by atoms with Crippen LogP contribution in [-0.4, -0.2) is 36.8 Å². The summed E-state index contributed by atoms with van der Waals surface area (Å²) in [6.07, 6.45) is 3.31. The van der Waals surface area contributed by atoms with Crippen molar-refractivity contribution in [2.45, 2.75) is 13.8 Å². The largest absolute Gasteiger partial charge is 0.481 e. The minimum absolute atomic E-state index is 0.131. The number of rotatable bonds is 8. The van der Waals surface area contributed by atoms with Crippen LogP contribution >= 0.6 is 0 Å². The summed E-state index contributed by atoms with van der Waals surface area (Å²) in [6.45, 7) is 6.06. The van der Waals surface area contributed by atoms with Crippen LogP contribution in [0.3, 0.4) is 0 Å². The van der Waals surface area contributed by atoms with Crippen LogP contribution in [0.1, 0.15) is 19.4 Å². The first-order chi connectivity index (χ1) is 13.7. The quantitative estimate of drug-likeness (QED) is 0.482. The summed E-state index contributed by atoms with van der Waals surface area (Å²) in [4.78, 5) is 18.6. The van der Waals surface area contributed by atoms with Crippen molar-refractivity contribution in [3.05, 3.63) is 66.4 Å². The SMILES string of the molecule is CCN(CC)c1ccc(/C=N\NC(=O)COc2cccc3cccnc23)cc1. The monoisotopic (exact) mass is 376 g/mol. The molecule has 0 fully saturated rings. The van der Waals surface area contributed by atoms with Gasteiger partial charge in [-0.15, -0.1) is 0 Å². The van der Waals surface area contributed by atoms with Gasteiger partial charge in [0.05, 0.1) is 6.21 Å². The predicted octanol–water partition coefficient (Wildman–Crippen LogP) is 3.61. The molecule has 3 rings (SSSR count). The van der Waals surface area contributed by atoms with Crippen molar-refractivity contribution < 1.29 is 9.53 Å². The van der Waals surface area contributed by atoms with Crippen LogP contribution < -0.4 is 15.1 Å². The predicted molar refractivity (Wildman–Crippen MR) is 113 cm³/mol. The molecule has 1 aromatic heterocycles. The Morgan fingerprint density at radius 1 is 1.11 bits per heavy atom. The van der Waals surface area contributed by atoms with Gasteiger partial charge in [-0.2, -0.15) is 5.10 Å². The molecule has 6 heteroatoms. The fourth-order valence-electron chi connectivity index (χ4n) is 2.91. The summed E-state index contributed by atoms with van der Waals surface area (Å²) in [6, 6.07) is 17.5. The topological polar surface area (TPSA) is 66.8 Å². The number of pyridine rings is 1. The van der Waals surface area contributed by atoms with E-state index in [1.165, 1.54) is 5.69 Å². The summed E-state index contributed by atoms with van der Waals surface area (Å²) in [7, 11) is 0. The zero-order valence-electron chi connectivity index (χ0n) is 16.1. The summed E-state index contributed by atoms with van der Waals surface area (Å²) in [5, 5.41) is 4.96. The lowest BCUT2D eigenvalue weighted by atomic mass is 10.2. The van der Waals surface area contributed by atoms with Crippen molar-refractivity contribution >= 4 is 28.7 Å². The lowest BCUT2D eigenvalue weighted by Crippen LogP contribution is -2.24. The van der Waals surface area contributed by atoms with Crippen LogP contribution in [0.2, 0.25) is 0 Å². The Morgan fingerprint density at radius 3 is 2.61 bits per heavy atom. The second kappa shape index (κ2) is 9.50. The molecule has 2 aromatic carbocycles. The number of hydrazone groups is 1. The second-order valence-corrected chi connectivity index (χ2v) is 6.18. The normalized spacial score (nSPS) is 10.9. The average Bonchev–Trinajstić information content (AvgIpc) is 2.74. The third-order valence-corrected chi connectivity index (χ3v) is 4.38. The molecule has 1 heterocycles. The van der Waals surface area contributed by atoms with Crippen LogP contribution in [0, 0.1) is 0 Å². The van der Waals surface area contributed by atoms with Crippen molar-refractivity contribution in [3.8, 4) is 5.75 Å². The molecular formula is C22H24N4O2. The Bertz CT molecular complexity index is 945. The number of aromatic nitrogens is 1. The molecule has 0 saturated heterocycles. The number of hydrogen-bond acceptors (Lipinski definition) is 5. The highest BCUT2D eigenvalue weighted by atomic mass is 16.5. The number of carbonyl (C=O) groups excluding carboxylic acids is 1. The van der Waals surface area contributed by atoms with Crippen molar-refractivity contribution in [3.63, 3.8) is 0 Å². The number of para-hydroxylation sites is 1. The minimum Gasteiger partial charge on any atom is -0.481 e. The first-order valence-corrected chi connectivity index (χ1v) is 9.34. The van der Waals surface area contributed by atoms with Crippen molar-refractivity contribution in [1.29, 1.82) is 0 Å². The summed E-state index contributed by atoms with van der Waals surface area (Å²) < 4.78 is 5.60. The molecule has 144 valence electrons. The van der Waals surface area contributed by atoms with Gasteiger partial charge < -0.3 is 9.64 Å². The average molecular weight is 376 g/mol. The number of nitrogens with one attached hydrogen (secondary N) is 1. The third kappa shape index (κ3) is 4.85. The second-order valence-electron chi connectivity index (χ2n) is 6.18. The zero-order valence-corrected chi connectivity index (χ0v) is 16.1. The maximum Gasteiger partial charge on any atom is 0.277 e. The molecule has 0 spiro atoms. The minimum atomic E-state index is -0.330. The lowest BCUT2D eigenvalue weighted by molar-refractivity contribution is -0.123. The van der Waals surface area contributed by atoms with Gasteiger partial charge in [-0.05, 0) is 43.7 Å². The molecule has 6 nitrogen and oxygen atoms in total. The lowest BCUT2D eigenvalue weighted by Gasteiger charge is -2.20. The standard InChI is InChI=1S/C22H24N4O2/c1-3-26(4-2)19-12-10-17(11-13-19)15-24-25-21(27)16-28-20-9-5-7-18-8-6-14-23-22(18)20/h5-15H,3-4,16H2,1-2H3,(H,25,27)/b24-15-. The molecule has 0 unspecified atom stereocenters. The Labute approximate surface area is 164 Å². The van der Waals surface area contributed by atoms with E-state index in [1.807, 2.05) is 48.5 Å². The molecule has 0 bridgehead atoms. The molecule has 0 aliphatic heterocycles. The highest BCUT2D eigenvalue weighted by molar-refractivity contribution is 5.85. The number of amides is 1. The van der Waals surface area contributed by atoms with Crippen molar-refractivity contribution in [1.82, 2.24) is 10.4 Å². The molecule has 0 aliphatic carbocycles. The highest BCUT2D eigenvalue weighted by Gasteiger charge is 2.06. The molecule has 0 radical (unpaired) electrons. The van der Waals surface area contributed by atoms with E-state index in [0.29, 0.717) is 5.75 Å². The van der Waals surface area contributed by atoms with E-state index < -0.39 is 0 Å². The maximum absolute atomic E-state index is 12.0. The van der Waals surface area contributed by atoms with E-state index in [4.69, 9.17) is 4.74 Å². The molecule has 1 N–H and O–H groups in total. The maximum atomic E-state index is 12.0. The van der Waals surface area contributed by atoms with Gasteiger partial charge in [0.2, 0.25) is 0 Å². The van der Waals surface area contributed by atoms with Crippen LogP contribution in [0.4, 0.5) is 5.69 Å². The van der Waals surface area contributed by atoms with Gasteiger partial charge in [0.15, 0.2) is 6.61 Å². The number of benzene rings is 2. The fourth-order valence-corrected chi connectivity index (χ4v) is 2.91. The molecule has 28 heavy (non-hydrogen) atoms. The third-order valence-electron chi connectivity index (χ3n) is 4.38. The molecule has 3 aromatic rings. The van der Waals surface area contributed by atoms with E-state index in [2.05, 4.69) is 34.3 Å². The first-order valence-electron chi connectivity index (χ1n) is 9.34. The van der Waals surface area contributed by atoms with Gasteiger partial charge in [0.25, 0.3) is 5.91 Å². The number of ether oxygens (including phenoxy) is 1. The number of hydrogen-bond donors (Lipinski definition) is 1. The van der Waals surface area contributed by atoms with Gasteiger partial charge in [-0.25, -0.2) is 5.43 Å². The van der Waals surface area contributed by atoms with E-state index >= 15 is 0 Å². The zero-order chi connectivity index (χ0) is 19.8. The molecule has 0 aliphatic rings. The van der Waals surface area contributed by atoms with Gasteiger partial charge in [-0.3, -0.25) is 9.78 Å². The fraction of sp³-hybridized carbons (Fsp3) is 0.227. The van der Waals surface area contributed by atoms with Crippen molar-refractivity contribution in [2.24, 2.45) is 5.10 Å². The highest BCUT2D eigenvalue weighted by Crippen LogP contribution is 2.22. The first kappa shape index (κ1) is 19.4. The summed E-state index contributed by atoms with van der Waals surface area (Å²) in [5.41, 5.74) is 5.30. The van der Waals surface area contributed by atoms with Gasteiger partial charge in [0, 0.05) is 30.4 Å². The van der Waals surface area contributed by atoms with E-state index in [0.717, 1.165) is 29.6 Å². The van der Waals surface area contributed by atoms with Crippen LogP contribution in [0.5, 0.6) is 5.75 Å². The molecule has 0 saturated carbocycles. The van der Waals surface area contributed by atoms with Gasteiger partial charge in [0.1, 0.15) is 11.3 Å². The van der Waals surface area contributed by atoms with E-state index in [-0.39, 0.29) is 12.5 Å². The van der Waals surface area contributed by atoms with Gasteiger partial charge >= 0.3 is 0 Å². The molecule has 1 amide bonds. The van der Waals surface area contributed by atoms with Crippen LogP contribution in [0.25, 0.3) is 10.9 Å². The Balaban J connectivity index is 1.52. The number of anilines is 1.